The summed E-state index contributed by atoms with van der Waals surface area (Å²) in [5.41, 5.74) is -0.298. The summed E-state index contributed by atoms with van der Waals surface area (Å²) in [6.45, 7) is 9.27. The monoisotopic (exact) mass is 796 g/mol. The number of aliphatic hydroxyl groups excluding tert-OH is 7. The van der Waals surface area contributed by atoms with Crippen LogP contribution in [0.1, 0.15) is 92.4 Å². The number of Topliss-reactive ketones (excluding diaryl/α,β-unsaturated/α-hetero) is 2. The van der Waals surface area contributed by atoms with Crippen molar-refractivity contribution < 1.29 is 73.8 Å². The van der Waals surface area contributed by atoms with Gasteiger partial charge in [-0.25, -0.2) is 0 Å². The van der Waals surface area contributed by atoms with Crippen LogP contribution in [0, 0.1) is 58.2 Å². The maximum atomic E-state index is 14.2. The molecular formula is C41H64O15. The highest BCUT2D eigenvalue weighted by Crippen LogP contribution is 2.68. The molecule has 0 aromatic carbocycles. The maximum Gasteiger partial charge on any atom is 0.309 e. The van der Waals surface area contributed by atoms with E-state index in [4.69, 9.17) is 23.7 Å². The molecule has 0 spiro atoms. The summed E-state index contributed by atoms with van der Waals surface area (Å²) in [4.78, 5) is 40.1. The van der Waals surface area contributed by atoms with Crippen molar-refractivity contribution in [1.29, 1.82) is 0 Å². The molecule has 4 aliphatic carbocycles. The van der Waals surface area contributed by atoms with Crippen LogP contribution in [0.15, 0.2) is 0 Å². The van der Waals surface area contributed by atoms with Gasteiger partial charge >= 0.3 is 5.97 Å². The molecule has 0 unspecified atom stereocenters. The fraction of sp³-hybridized carbons (Fsp3) is 0.927. The van der Waals surface area contributed by atoms with E-state index >= 15 is 0 Å². The molecule has 0 aromatic heterocycles. The Hall–Kier alpha value is -1.63. The zero-order chi connectivity index (χ0) is 40.6. The van der Waals surface area contributed by atoms with E-state index in [-0.39, 0.29) is 70.0 Å². The number of cyclic esters (lactones) is 1. The number of aliphatic hydroxyl groups is 7. The Bertz CT molecular complexity index is 1460. The standard InChI is InChI=1S/C41H64O15/c1-17-21(19(3)53-37(17)51)13-27(43)18(2)23-6-7-24-22-14-28(44)26-12-20(8-10-41(26,5)25(22)9-11-40(23,24)4)54-39-36(50)34(48)32(46)30(56-39)16-52-38-35(49)33(47)31(45)29(15-42)55-38/h17-26,29-36,38-39,42,45-50H,6-16H2,1-5H3/t17-,18+,19-,20+,21-,22+,23-,24+,25+,26-,29-,30-,31-,32-,33+,34+,35-,36-,38-,39-,40-,41-/m1/s1. The molecule has 7 aliphatic rings. The van der Waals surface area contributed by atoms with Crippen LogP contribution >= 0.6 is 0 Å². The molecule has 3 saturated heterocycles. The van der Waals surface area contributed by atoms with Crippen molar-refractivity contribution >= 4 is 17.5 Å². The van der Waals surface area contributed by atoms with Gasteiger partial charge in [0.2, 0.25) is 0 Å². The molecule has 0 amide bonds. The number of hydrogen-bond donors (Lipinski definition) is 7. The highest BCUT2D eigenvalue weighted by atomic mass is 16.7. The second kappa shape index (κ2) is 16.1. The number of carbonyl (C=O) groups excluding carboxylic acids is 3. The van der Waals surface area contributed by atoms with Crippen molar-refractivity contribution in [2.24, 2.45) is 58.2 Å². The van der Waals surface area contributed by atoms with Crippen LogP contribution in [-0.4, -0.2) is 140 Å². The third-order valence-electron chi connectivity index (χ3n) is 16.2. The number of esters is 1. The molecule has 7 N–H and O–H groups in total. The quantitative estimate of drug-likeness (QED) is 0.119. The molecule has 318 valence electrons. The normalized spacial score (nSPS) is 52.5. The van der Waals surface area contributed by atoms with Gasteiger partial charge in [0, 0.05) is 30.6 Å². The zero-order valence-corrected chi connectivity index (χ0v) is 33.2. The Morgan fingerprint density at radius 3 is 2.11 bits per heavy atom. The van der Waals surface area contributed by atoms with Crippen LogP contribution in [0.4, 0.5) is 0 Å². The summed E-state index contributed by atoms with van der Waals surface area (Å²) in [5.74, 6) is 0.539. The lowest BCUT2D eigenvalue weighted by Gasteiger charge is -2.60. The maximum absolute atomic E-state index is 14.2. The van der Waals surface area contributed by atoms with E-state index in [1.165, 1.54) is 0 Å². The second-order valence-corrected chi connectivity index (χ2v) is 19.0. The van der Waals surface area contributed by atoms with Crippen molar-refractivity contribution in [2.45, 2.75) is 166 Å². The Morgan fingerprint density at radius 1 is 0.821 bits per heavy atom. The summed E-state index contributed by atoms with van der Waals surface area (Å²) in [6.07, 6.45) is -9.32. The predicted octanol–water partition coefficient (Wildman–Crippen LogP) is 0.627. The minimum atomic E-state index is -1.68. The zero-order valence-electron chi connectivity index (χ0n) is 33.2. The molecular weight excluding hydrogens is 732 g/mol. The minimum absolute atomic E-state index is 0.0534. The van der Waals surface area contributed by atoms with E-state index in [2.05, 4.69) is 20.8 Å². The molecule has 15 heteroatoms. The van der Waals surface area contributed by atoms with Gasteiger partial charge in [-0.2, -0.15) is 0 Å². The number of hydrogen-bond acceptors (Lipinski definition) is 15. The van der Waals surface area contributed by atoms with Gasteiger partial charge in [-0.3, -0.25) is 14.4 Å². The number of rotatable bonds is 10. The SMILES string of the molecule is C[C@H](C(=O)C[C@H]1[C@@H](C)OC(=O)[C@@H]1C)[C@H]1CC[C@H]2[C@@H]3CC(=O)[C@H]4C[C@@H](O[C@@H]5O[C@H](CO[C@@H]6O[C@H](CO)[C@@H](O)[C@H](O)[C@H]6O)[C@@H](O)[C@H](O)[C@H]5O)CC[C@]4(C)[C@H]3CC[C@]12C. The van der Waals surface area contributed by atoms with Crippen molar-refractivity contribution in [3.63, 3.8) is 0 Å². The average molecular weight is 797 g/mol. The van der Waals surface area contributed by atoms with Gasteiger partial charge in [0.1, 0.15) is 66.5 Å². The van der Waals surface area contributed by atoms with Crippen molar-refractivity contribution in [3.8, 4) is 0 Å². The first kappa shape index (κ1) is 42.5. The van der Waals surface area contributed by atoms with Crippen LogP contribution in [0.25, 0.3) is 0 Å². The molecule has 7 rings (SSSR count). The number of ether oxygens (including phenoxy) is 5. The van der Waals surface area contributed by atoms with Crippen LogP contribution in [-0.2, 0) is 38.1 Å². The van der Waals surface area contributed by atoms with Crippen LogP contribution in [0.2, 0.25) is 0 Å². The third kappa shape index (κ3) is 7.22. The van der Waals surface area contributed by atoms with E-state index in [1.807, 2.05) is 13.8 Å². The Balaban J connectivity index is 0.969. The van der Waals surface area contributed by atoms with Crippen LogP contribution in [0.3, 0.4) is 0 Å². The van der Waals surface area contributed by atoms with Gasteiger partial charge in [0.05, 0.1) is 25.2 Å². The van der Waals surface area contributed by atoms with Crippen molar-refractivity contribution in [3.05, 3.63) is 0 Å². The van der Waals surface area contributed by atoms with Gasteiger partial charge in [-0.15, -0.1) is 0 Å². The average Bonchev–Trinajstić information content (AvgIpc) is 3.64. The smallest absolute Gasteiger partial charge is 0.309 e. The summed E-state index contributed by atoms with van der Waals surface area (Å²) < 4.78 is 28.5. The summed E-state index contributed by atoms with van der Waals surface area (Å²) >= 11 is 0. The molecule has 15 nitrogen and oxygen atoms in total. The number of fused-ring (bicyclic) bond motifs is 5. The summed E-state index contributed by atoms with van der Waals surface area (Å²) in [6, 6.07) is 0. The number of ketones is 2. The first-order chi connectivity index (χ1) is 26.4. The van der Waals surface area contributed by atoms with Crippen molar-refractivity contribution in [2.75, 3.05) is 13.2 Å². The van der Waals surface area contributed by atoms with Crippen LogP contribution < -0.4 is 0 Å². The van der Waals surface area contributed by atoms with E-state index in [0.29, 0.717) is 37.5 Å². The molecule has 7 fully saturated rings. The largest absolute Gasteiger partial charge is 0.462 e. The van der Waals surface area contributed by atoms with E-state index in [0.717, 1.165) is 32.1 Å². The van der Waals surface area contributed by atoms with Gasteiger partial charge in [-0.1, -0.05) is 27.7 Å². The highest BCUT2D eigenvalue weighted by molar-refractivity contribution is 5.84. The number of carbonyl (C=O) groups is 3. The van der Waals surface area contributed by atoms with Crippen molar-refractivity contribution in [1.82, 2.24) is 0 Å². The summed E-state index contributed by atoms with van der Waals surface area (Å²) in [7, 11) is 0. The Morgan fingerprint density at radius 2 is 1.45 bits per heavy atom. The predicted molar refractivity (Wildman–Crippen MR) is 194 cm³/mol. The molecule has 0 radical (unpaired) electrons. The highest BCUT2D eigenvalue weighted by Gasteiger charge is 2.63. The first-order valence-corrected chi connectivity index (χ1v) is 20.9. The van der Waals surface area contributed by atoms with Gasteiger partial charge in [0.25, 0.3) is 0 Å². The molecule has 3 heterocycles. The second-order valence-electron chi connectivity index (χ2n) is 19.0. The first-order valence-electron chi connectivity index (χ1n) is 20.9. The molecule has 3 aliphatic heterocycles. The van der Waals surface area contributed by atoms with E-state index in [1.54, 1.807) is 0 Å². The molecule has 56 heavy (non-hydrogen) atoms. The van der Waals surface area contributed by atoms with E-state index in [9.17, 15) is 50.1 Å². The minimum Gasteiger partial charge on any atom is -0.462 e. The molecule has 0 bridgehead atoms. The summed E-state index contributed by atoms with van der Waals surface area (Å²) in [5, 5.41) is 72.4. The van der Waals surface area contributed by atoms with Gasteiger partial charge < -0.3 is 59.4 Å². The Labute approximate surface area is 328 Å². The van der Waals surface area contributed by atoms with Gasteiger partial charge in [0.15, 0.2) is 12.6 Å². The topological polar surface area (TPSA) is 239 Å². The molecule has 22 atom stereocenters. The van der Waals surface area contributed by atoms with Crippen LogP contribution in [0.5, 0.6) is 0 Å². The molecule has 0 aromatic rings. The fourth-order valence-corrected chi connectivity index (χ4v) is 12.7. The van der Waals surface area contributed by atoms with Gasteiger partial charge in [-0.05, 0) is 86.4 Å². The lowest BCUT2D eigenvalue weighted by molar-refractivity contribution is -0.337. The Kier molecular flexibility index (Phi) is 12.2. The van der Waals surface area contributed by atoms with E-state index < -0.39 is 80.7 Å². The molecule has 4 saturated carbocycles. The lowest BCUT2D eigenvalue weighted by atomic mass is 9.44. The fourth-order valence-electron chi connectivity index (χ4n) is 12.7. The third-order valence-corrected chi connectivity index (χ3v) is 16.2. The lowest BCUT2D eigenvalue weighted by Crippen LogP contribution is -2.62.